The van der Waals surface area contributed by atoms with Gasteiger partial charge in [-0.25, -0.2) is 9.59 Å². The number of hydrogen-bond donors (Lipinski definition) is 2. The third-order valence-electron chi connectivity index (χ3n) is 3.74. The zero-order chi connectivity index (χ0) is 14.0. The minimum atomic E-state index is -1.08. The van der Waals surface area contributed by atoms with Crippen LogP contribution in [-0.4, -0.2) is 29.7 Å². The minimum Gasteiger partial charge on any atom is -0.480 e. The summed E-state index contributed by atoms with van der Waals surface area (Å²) in [5.41, 5.74) is 0.673. The van der Waals surface area contributed by atoms with E-state index in [9.17, 15) is 14.7 Å². The largest absolute Gasteiger partial charge is 0.480 e. The van der Waals surface area contributed by atoms with Crippen LogP contribution in [0.2, 0.25) is 0 Å². The molecule has 5 heteroatoms. The molecule has 102 valence electrons. The molecule has 2 amide bonds. The second kappa shape index (κ2) is 4.91. The lowest BCUT2D eigenvalue weighted by Gasteiger charge is -2.39. The number of carboxylic acids is 1. The summed E-state index contributed by atoms with van der Waals surface area (Å²) in [5, 5.41) is 11.8. The Morgan fingerprint density at radius 3 is 2.42 bits per heavy atom. The van der Waals surface area contributed by atoms with Gasteiger partial charge in [-0.3, -0.25) is 4.90 Å². The number of anilines is 1. The minimum absolute atomic E-state index is 0.378. The van der Waals surface area contributed by atoms with E-state index >= 15 is 0 Å². The fourth-order valence-corrected chi connectivity index (χ4v) is 2.26. The number of hydrogen-bond acceptors (Lipinski definition) is 2. The highest BCUT2D eigenvalue weighted by atomic mass is 16.4. The number of aliphatic carboxylic acids is 1. The number of para-hydroxylation sites is 1. The quantitative estimate of drug-likeness (QED) is 0.876. The van der Waals surface area contributed by atoms with Crippen molar-refractivity contribution in [3.63, 3.8) is 0 Å². The molecule has 0 spiro atoms. The Kier molecular flexibility index (Phi) is 3.46. The van der Waals surface area contributed by atoms with Crippen molar-refractivity contribution in [2.24, 2.45) is 0 Å². The van der Waals surface area contributed by atoms with E-state index in [2.05, 4.69) is 5.32 Å². The van der Waals surface area contributed by atoms with Gasteiger partial charge in [-0.05, 0) is 37.8 Å². The summed E-state index contributed by atoms with van der Waals surface area (Å²) < 4.78 is 0. The first-order valence-corrected chi connectivity index (χ1v) is 6.31. The monoisotopic (exact) mass is 262 g/mol. The smallest absolute Gasteiger partial charge is 0.329 e. The van der Waals surface area contributed by atoms with Crippen molar-refractivity contribution in [3.8, 4) is 0 Å². The van der Waals surface area contributed by atoms with Gasteiger partial charge < -0.3 is 10.4 Å². The van der Waals surface area contributed by atoms with Crippen LogP contribution in [0.3, 0.4) is 0 Å². The fraction of sp³-hybridized carbons (Fsp3) is 0.429. The molecule has 1 aromatic rings. The Hall–Kier alpha value is -2.04. The molecule has 0 heterocycles. The van der Waals surface area contributed by atoms with Gasteiger partial charge in [-0.15, -0.1) is 0 Å². The van der Waals surface area contributed by atoms with E-state index in [1.807, 2.05) is 31.2 Å². The standard InChI is InChI=1S/C14H18N2O3/c1-10-6-3-4-7-11(10)16(2)13(19)15-14(12(17)18)8-5-9-14/h3-4,6-7H,5,8-9H2,1-2H3,(H,15,19)(H,17,18). The second-order valence-corrected chi connectivity index (χ2v) is 5.02. The van der Waals surface area contributed by atoms with E-state index in [4.69, 9.17) is 0 Å². The summed E-state index contributed by atoms with van der Waals surface area (Å²) in [4.78, 5) is 24.8. The van der Waals surface area contributed by atoms with Gasteiger partial charge in [0.05, 0.1) is 0 Å². The predicted octanol–water partition coefficient (Wildman–Crippen LogP) is 2.15. The van der Waals surface area contributed by atoms with Gasteiger partial charge in [0.1, 0.15) is 5.54 Å². The highest BCUT2D eigenvalue weighted by molar-refractivity contribution is 5.96. The molecular weight excluding hydrogens is 244 g/mol. The van der Waals surface area contributed by atoms with Crippen LogP contribution in [0.15, 0.2) is 24.3 Å². The van der Waals surface area contributed by atoms with Crippen molar-refractivity contribution in [2.75, 3.05) is 11.9 Å². The summed E-state index contributed by atoms with van der Waals surface area (Å²) in [6.07, 6.45) is 1.83. The maximum absolute atomic E-state index is 12.2. The van der Waals surface area contributed by atoms with E-state index in [1.165, 1.54) is 4.90 Å². The Bertz CT molecular complexity index is 509. The summed E-state index contributed by atoms with van der Waals surface area (Å²) in [6, 6.07) is 7.12. The van der Waals surface area contributed by atoms with Crippen molar-refractivity contribution in [1.82, 2.24) is 5.32 Å². The van der Waals surface area contributed by atoms with Crippen LogP contribution in [0.1, 0.15) is 24.8 Å². The number of urea groups is 1. The maximum Gasteiger partial charge on any atom is 0.329 e. The summed E-state index contributed by atoms with van der Waals surface area (Å²) in [6.45, 7) is 1.91. The third-order valence-corrected chi connectivity index (χ3v) is 3.74. The van der Waals surface area contributed by atoms with Crippen LogP contribution < -0.4 is 10.2 Å². The second-order valence-electron chi connectivity index (χ2n) is 5.02. The lowest BCUT2D eigenvalue weighted by atomic mass is 9.77. The average Bonchev–Trinajstić information content (AvgIpc) is 2.32. The molecular formula is C14H18N2O3. The number of carboxylic acid groups (broad SMARTS) is 1. The molecule has 5 nitrogen and oxygen atoms in total. The molecule has 19 heavy (non-hydrogen) atoms. The molecule has 0 aromatic heterocycles. The summed E-state index contributed by atoms with van der Waals surface area (Å²) in [7, 11) is 1.64. The molecule has 1 saturated carbocycles. The van der Waals surface area contributed by atoms with Gasteiger partial charge in [-0.1, -0.05) is 18.2 Å². The Morgan fingerprint density at radius 2 is 1.95 bits per heavy atom. The van der Waals surface area contributed by atoms with Crippen LogP contribution in [-0.2, 0) is 4.79 Å². The molecule has 1 aromatic carbocycles. The highest BCUT2D eigenvalue weighted by Crippen LogP contribution is 2.32. The van der Waals surface area contributed by atoms with Crippen LogP contribution in [0.5, 0.6) is 0 Å². The van der Waals surface area contributed by atoms with E-state index in [1.54, 1.807) is 7.05 Å². The maximum atomic E-state index is 12.2. The molecule has 1 aliphatic rings. The van der Waals surface area contributed by atoms with Gasteiger partial charge in [-0.2, -0.15) is 0 Å². The molecule has 0 radical (unpaired) electrons. The van der Waals surface area contributed by atoms with E-state index in [-0.39, 0.29) is 6.03 Å². The normalized spacial score (nSPS) is 16.3. The van der Waals surface area contributed by atoms with Gasteiger partial charge in [0, 0.05) is 12.7 Å². The highest BCUT2D eigenvalue weighted by Gasteiger charge is 2.46. The van der Waals surface area contributed by atoms with Crippen molar-refractivity contribution in [2.45, 2.75) is 31.7 Å². The molecule has 0 unspecified atom stereocenters. The van der Waals surface area contributed by atoms with E-state index in [0.717, 1.165) is 17.7 Å². The van der Waals surface area contributed by atoms with Crippen molar-refractivity contribution in [1.29, 1.82) is 0 Å². The number of amides is 2. The number of rotatable bonds is 3. The Labute approximate surface area is 112 Å². The zero-order valence-electron chi connectivity index (χ0n) is 11.1. The summed E-state index contributed by atoms with van der Waals surface area (Å²) >= 11 is 0. The molecule has 0 bridgehead atoms. The molecule has 0 saturated heterocycles. The summed E-state index contributed by atoms with van der Waals surface area (Å²) in [5.74, 6) is -0.953. The van der Waals surface area contributed by atoms with Crippen LogP contribution in [0.25, 0.3) is 0 Å². The van der Waals surface area contributed by atoms with Crippen molar-refractivity contribution < 1.29 is 14.7 Å². The number of carbonyl (C=O) groups is 2. The fourth-order valence-electron chi connectivity index (χ4n) is 2.26. The topological polar surface area (TPSA) is 69.6 Å². The molecule has 1 aliphatic carbocycles. The number of nitrogens with one attached hydrogen (secondary N) is 1. The first-order chi connectivity index (χ1) is 8.96. The van der Waals surface area contributed by atoms with Gasteiger partial charge in [0.2, 0.25) is 0 Å². The first kappa shape index (κ1) is 13.4. The Balaban J connectivity index is 2.12. The molecule has 0 aliphatic heterocycles. The lowest BCUT2D eigenvalue weighted by molar-refractivity contribution is -0.148. The van der Waals surface area contributed by atoms with Crippen LogP contribution >= 0.6 is 0 Å². The van der Waals surface area contributed by atoms with Crippen LogP contribution in [0, 0.1) is 6.92 Å². The molecule has 2 rings (SSSR count). The number of carbonyl (C=O) groups excluding carboxylic acids is 1. The van der Waals surface area contributed by atoms with E-state index in [0.29, 0.717) is 12.8 Å². The first-order valence-electron chi connectivity index (χ1n) is 6.31. The van der Waals surface area contributed by atoms with E-state index < -0.39 is 11.5 Å². The van der Waals surface area contributed by atoms with Gasteiger partial charge in [0.15, 0.2) is 0 Å². The van der Waals surface area contributed by atoms with Crippen molar-refractivity contribution in [3.05, 3.63) is 29.8 Å². The lowest BCUT2D eigenvalue weighted by Crippen LogP contribution is -2.61. The zero-order valence-corrected chi connectivity index (χ0v) is 11.1. The average molecular weight is 262 g/mol. The number of aryl methyl sites for hydroxylation is 1. The molecule has 1 fully saturated rings. The Morgan fingerprint density at radius 1 is 1.32 bits per heavy atom. The van der Waals surface area contributed by atoms with Gasteiger partial charge in [0.25, 0.3) is 0 Å². The molecule has 2 N–H and O–H groups in total. The van der Waals surface area contributed by atoms with Gasteiger partial charge >= 0.3 is 12.0 Å². The molecule has 0 atom stereocenters. The van der Waals surface area contributed by atoms with Crippen LogP contribution in [0.4, 0.5) is 10.5 Å². The third kappa shape index (κ3) is 2.41. The number of benzene rings is 1. The SMILES string of the molecule is Cc1ccccc1N(C)C(=O)NC1(C(=O)O)CCC1. The number of nitrogens with zero attached hydrogens (tertiary/aromatic N) is 1. The predicted molar refractivity (Wildman–Crippen MR) is 72.3 cm³/mol. The van der Waals surface area contributed by atoms with Crippen molar-refractivity contribution >= 4 is 17.7 Å².